The van der Waals surface area contributed by atoms with Gasteiger partial charge in [0.2, 0.25) is 0 Å². The number of thiophene rings is 1. The van der Waals surface area contributed by atoms with Crippen molar-refractivity contribution >= 4 is 40.4 Å². The monoisotopic (exact) mass is 307 g/mol. The largest absolute Gasteiger partial charge is 0.351 e. The molecule has 0 fully saturated rings. The summed E-state index contributed by atoms with van der Waals surface area (Å²) in [5.74, 6) is 1.02. The van der Waals surface area contributed by atoms with Crippen LogP contribution in [-0.2, 0) is 0 Å². The molecule has 0 aliphatic rings. The summed E-state index contributed by atoms with van der Waals surface area (Å²) in [6, 6.07) is 0. The molecular formula is C13H19Cl2NOS. The van der Waals surface area contributed by atoms with Crippen LogP contribution in [0.25, 0.3) is 0 Å². The van der Waals surface area contributed by atoms with Crippen molar-refractivity contribution in [3.05, 3.63) is 20.8 Å². The van der Waals surface area contributed by atoms with Gasteiger partial charge in [-0.1, -0.05) is 24.9 Å². The average molecular weight is 308 g/mol. The minimum Gasteiger partial charge on any atom is -0.351 e. The Morgan fingerprint density at radius 3 is 2.72 bits per heavy atom. The number of carbonyl (C=O) groups is 1. The topological polar surface area (TPSA) is 29.1 Å². The molecule has 0 bridgehead atoms. The number of hydrogen-bond donors (Lipinski definition) is 1. The van der Waals surface area contributed by atoms with Crippen molar-refractivity contribution < 1.29 is 4.79 Å². The van der Waals surface area contributed by atoms with Gasteiger partial charge in [-0.05, 0) is 36.6 Å². The van der Waals surface area contributed by atoms with Crippen LogP contribution in [0.3, 0.4) is 0 Å². The number of alkyl halides is 1. The number of hydrogen-bond acceptors (Lipinski definition) is 2. The third-order valence-corrected chi connectivity index (χ3v) is 4.78. The van der Waals surface area contributed by atoms with E-state index < -0.39 is 0 Å². The first kappa shape index (κ1) is 15.8. The molecule has 18 heavy (non-hydrogen) atoms. The van der Waals surface area contributed by atoms with Crippen molar-refractivity contribution in [3.8, 4) is 0 Å². The van der Waals surface area contributed by atoms with Crippen molar-refractivity contribution in [3.63, 3.8) is 0 Å². The number of halogens is 2. The quantitative estimate of drug-likeness (QED) is 0.739. The molecule has 1 unspecified atom stereocenters. The van der Waals surface area contributed by atoms with Crippen LogP contribution in [0.4, 0.5) is 0 Å². The smallest absolute Gasteiger partial charge is 0.262 e. The lowest BCUT2D eigenvalue weighted by molar-refractivity contribution is 0.0950. The van der Waals surface area contributed by atoms with E-state index in [0.29, 0.717) is 28.2 Å². The maximum absolute atomic E-state index is 12.0. The first-order valence-corrected chi connectivity index (χ1v) is 7.97. The van der Waals surface area contributed by atoms with E-state index in [0.717, 1.165) is 24.8 Å². The Morgan fingerprint density at radius 2 is 2.22 bits per heavy atom. The molecule has 1 N–H and O–H groups in total. The van der Waals surface area contributed by atoms with E-state index in [1.54, 1.807) is 0 Å². The van der Waals surface area contributed by atoms with Crippen LogP contribution < -0.4 is 5.32 Å². The molecule has 0 radical (unpaired) electrons. The molecule has 0 spiro atoms. The molecular weight excluding hydrogens is 289 g/mol. The Morgan fingerprint density at radius 1 is 1.50 bits per heavy atom. The fourth-order valence-electron chi connectivity index (χ4n) is 1.81. The Labute approximate surface area is 123 Å². The van der Waals surface area contributed by atoms with E-state index in [1.807, 2.05) is 12.3 Å². The fourth-order valence-corrected chi connectivity index (χ4v) is 3.31. The summed E-state index contributed by atoms with van der Waals surface area (Å²) in [5.41, 5.74) is 0.956. The normalized spacial score (nSPS) is 12.4. The zero-order chi connectivity index (χ0) is 13.5. The molecule has 0 aliphatic carbocycles. The lowest BCUT2D eigenvalue weighted by atomic mass is 10.0. The van der Waals surface area contributed by atoms with Gasteiger partial charge in [0.1, 0.15) is 4.88 Å². The van der Waals surface area contributed by atoms with Crippen LogP contribution in [-0.4, -0.2) is 18.3 Å². The number of rotatable bonds is 7. The summed E-state index contributed by atoms with van der Waals surface area (Å²) < 4.78 is 0. The summed E-state index contributed by atoms with van der Waals surface area (Å²) in [7, 11) is 0. The van der Waals surface area contributed by atoms with Gasteiger partial charge in [-0.25, -0.2) is 0 Å². The Kier molecular flexibility index (Phi) is 7.05. The summed E-state index contributed by atoms with van der Waals surface area (Å²) >= 11 is 13.2. The average Bonchev–Trinajstić information content (AvgIpc) is 2.67. The van der Waals surface area contributed by atoms with Crippen molar-refractivity contribution in [2.24, 2.45) is 5.92 Å². The Hall–Kier alpha value is -0.250. The minimum atomic E-state index is -0.0752. The van der Waals surface area contributed by atoms with Crippen molar-refractivity contribution in [2.75, 3.05) is 12.4 Å². The molecule has 1 heterocycles. The third kappa shape index (κ3) is 4.45. The molecule has 1 rings (SSSR count). The molecule has 0 saturated carbocycles. The minimum absolute atomic E-state index is 0.0752. The molecule has 1 aromatic heterocycles. The first-order valence-electron chi connectivity index (χ1n) is 6.17. The fraction of sp³-hybridized carbons (Fsp3) is 0.615. The highest BCUT2D eigenvalue weighted by atomic mass is 35.5. The highest BCUT2D eigenvalue weighted by molar-refractivity contribution is 7.13. The van der Waals surface area contributed by atoms with E-state index in [-0.39, 0.29) is 5.91 Å². The van der Waals surface area contributed by atoms with Crippen LogP contribution in [0.1, 0.15) is 41.4 Å². The molecule has 1 atom stereocenters. The molecule has 0 aromatic carbocycles. The van der Waals surface area contributed by atoms with Gasteiger partial charge < -0.3 is 5.32 Å². The molecule has 5 heteroatoms. The van der Waals surface area contributed by atoms with Crippen LogP contribution in [0.15, 0.2) is 5.38 Å². The molecule has 102 valence electrons. The Balaban J connectivity index is 2.51. The zero-order valence-electron chi connectivity index (χ0n) is 10.8. The SMILES string of the molecule is CCCC(CCCl)CNC(=O)c1scc(C)c1Cl. The Bertz CT molecular complexity index is 386. The highest BCUT2D eigenvalue weighted by Gasteiger charge is 2.16. The van der Waals surface area contributed by atoms with Gasteiger partial charge in [-0.15, -0.1) is 22.9 Å². The number of aryl methyl sites for hydroxylation is 1. The molecule has 1 amide bonds. The predicted molar refractivity (Wildman–Crippen MR) is 80.1 cm³/mol. The van der Waals surface area contributed by atoms with Crippen molar-refractivity contribution in [1.82, 2.24) is 5.32 Å². The van der Waals surface area contributed by atoms with E-state index in [4.69, 9.17) is 23.2 Å². The van der Waals surface area contributed by atoms with Crippen LogP contribution in [0, 0.1) is 12.8 Å². The van der Waals surface area contributed by atoms with E-state index in [1.165, 1.54) is 11.3 Å². The predicted octanol–water partition coefficient (Wildman–Crippen LogP) is 4.48. The second-order valence-corrected chi connectivity index (χ2v) is 6.04. The molecule has 1 aromatic rings. The summed E-state index contributed by atoms with van der Waals surface area (Å²) in [4.78, 5) is 12.6. The molecule has 0 saturated heterocycles. The lowest BCUT2D eigenvalue weighted by Crippen LogP contribution is -2.29. The first-order chi connectivity index (χ1) is 8.60. The number of nitrogens with one attached hydrogen (secondary N) is 1. The van der Waals surface area contributed by atoms with Gasteiger partial charge in [0, 0.05) is 12.4 Å². The van der Waals surface area contributed by atoms with E-state index in [2.05, 4.69) is 12.2 Å². The lowest BCUT2D eigenvalue weighted by Gasteiger charge is -2.15. The zero-order valence-corrected chi connectivity index (χ0v) is 13.1. The van der Waals surface area contributed by atoms with Gasteiger partial charge in [0.15, 0.2) is 0 Å². The van der Waals surface area contributed by atoms with Gasteiger partial charge in [-0.3, -0.25) is 4.79 Å². The second-order valence-electron chi connectivity index (χ2n) is 4.40. The van der Waals surface area contributed by atoms with Crippen molar-refractivity contribution in [2.45, 2.75) is 33.1 Å². The maximum Gasteiger partial charge on any atom is 0.262 e. The van der Waals surface area contributed by atoms with Gasteiger partial charge in [-0.2, -0.15) is 0 Å². The van der Waals surface area contributed by atoms with Gasteiger partial charge >= 0.3 is 0 Å². The molecule has 2 nitrogen and oxygen atoms in total. The standard InChI is InChI=1S/C13H19Cl2NOS/c1-3-4-10(5-6-14)7-16-13(17)12-11(15)9(2)8-18-12/h8,10H,3-7H2,1-2H3,(H,16,17). The van der Waals surface area contributed by atoms with Crippen LogP contribution in [0.5, 0.6) is 0 Å². The summed E-state index contributed by atoms with van der Waals surface area (Å²) in [6.45, 7) is 4.72. The van der Waals surface area contributed by atoms with E-state index >= 15 is 0 Å². The summed E-state index contributed by atoms with van der Waals surface area (Å²) in [5, 5.41) is 5.42. The van der Waals surface area contributed by atoms with Crippen LogP contribution in [0.2, 0.25) is 5.02 Å². The number of amides is 1. The van der Waals surface area contributed by atoms with Gasteiger partial charge in [0.05, 0.1) is 5.02 Å². The second kappa shape index (κ2) is 8.03. The summed E-state index contributed by atoms with van der Waals surface area (Å²) in [6.07, 6.45) is 3.13. The maximum atomic E-state index is 12.0. The highest BCUT2D eigenvalue weighted by Crippen LogP contribution is 2.27. The van der Waals surface area contributed by atoms with Crippen molar-refractivity contribution in [1.29, 1.82) is 0 Å². The third-order valence-electron chi connectivity index (χ3n) is 2.87. The van der Waals surface area contributed by atoms with Crippen LogP contribution >= 0.6 is 34.5 Å². The van der Waals surface area contributed by atoms with Gasteiger partial charge in [0.25, 0.3) is 5.91 Å². The number of carbonyl (C=O) groups excluding carboxylic acids is 1. The van der Waals surface area contributed by atoms with E-state index in [9.17, 15) is 4.79 Å². The molecule has 0 aliphatic heterocycles.